The van der Waals surface area contributed by atoms with Gasteiger partial charge in [-0.25, -0.2) is 13.6 Å². The first-order valence-electron chi connectivity index (χ1n) is 6.15. The molecular formula is C11H25NO4S. The molecule has 0 aromatic carbocycles. The number of nitrogens with two attached hydrogens (primary N) is 1. The van der Waals surface area contributed by atoms with E-state index in [-0.39, 0.29) is 11.9 Å². The molecule has 0 fully saturated rings. The van der Waals surface area contributed by atoms with Crippen LogP contribution in [-0.2, 0) is 19.5 Å². The van der Waals surface area contributed by atoms with Gasteiger partial charge in [0.1, 0.15) is 0 Å². The van der Waals surface area contributed by atoms with E-state index in [1.54, 1.807) is 0 Å². The fourth-order valence-electron chi connectivity index (χ4n) is 1.38. The van der Waals surface area contributed by atoms with Crippen molar-refractivity contribution < 1.29 is 17.9 Å². The predicted octanol–water partition coefficient (Wildman–Crippen LogP) is 1.28. The molecular weight excluding hydrogens is 242 g/mol. The zero-order chi connectivity index (χ0) is 13.1. The van der Waals surface area contributed by atoms with E-state index in [4.69, 9.17) is 14.6 Å². The molecule has 0 aliphatic heterocycles. The predicted molar refractivity (Wildman–Crippen MR) is 68.3 cm³/mol. The normalized spacial score (nSPS) is 13.8. The Kier molecular flexibility index (Phi) is 9.72. The van der Waals surface area contributed by atoms with Crippen molar-refractivity contribution in [3.05, 3.63) is 0 Å². The average molecular weight is 267 g/mol. The highest BCUT2D eigenvalue weighted by Crippen LogP contribution is 2.03. The van der Waals surface area contributed by atoms with Crippen LogP contribution in [0.3, 0.4) is 0 Å². The first-order chi connectivity index (χ1) is 7.95. The number of ether oxygens (including phenoxy) is 2. The largest absolute Gasteiger partial charge is 0.379 e. The smallest absolute Gasteiger partial charge is 0.209 e. The van der Waals surface area contributed by atoms with Crippen LogP contribution in [0.2, 0.25) is 0 Å². The number of sulfonamides is 1. The number of rotatable bonds is 11. The van der Waals surface area contributed by atoms with E-state index in [9.17, 15) is 8.42 Å². The van der Waals surface area contributed by atoms with Gasteiger partial charge in [-0.15, -0.1) is 0 Å². The van der Waals surface area contributed by atoms with Crippen LogP contribution in [0, 0.1) is 0 Å². The molecule has 0 aromatic heterocycles. The van der Waals surface area contributed by atoms with Gasteiger partial charge in [-0.2, -0.15) is 0 Å². The number of hydrogen-bond acceptors (Lipinski definition) is 4. The van der Waals surface area contributed by atoms with E-state index in [1.807, 2.05) is 13.8 Å². The number of unbranched alkanes of at least 4 members (excludes halogenated alkanes) is 3. The Bertz CT molecular complexity index is 267. The van der Waals surface area contributed by atoms with Gasteiger partial charge in [0.05, 0.1) is 18.5 Å². The van der Waals surface area contributed by atoms with Crippen molar-refractivity contribution in [2.75, 3.05) is 25.6 Å². The summed E-state index contributed by atoms with van der Waals surface area (Å²) in [5.41, 5.74) is 0. The molecule has 1 atom stereocenters. The van der Waals surface area contributed by atoms with Crippen molar-refractivity contribution in [3.63, 3.8) is 0 Å². The van der Waals surface area contributed by atoms with Crippen molar-refractivity contribution >= 4 is 10.0 Å². The molecule has 1 unspecified atom stereocenters. The van der Waals surface area contributed by atoms with E-state index in [0.29, 0.717) is 26.2 Å². The third-order valence-electron chi connectivity index (χ3n) is 2.28. The summed E-state index contributed by atoms with van der Waals surface area (Å²) in [6.45, 7) is 5.97. The van der Waals surface area contributed by atoms with Crippen LogP contribution in [0.4, 0.5) is 0 Å². The van der Waals surface area contributed by atoms with Crippen molar-refractivity contribution in [2.24, 2.45) is 5.14 Å². The number of hydrogen-bond donors (Lipinski definition) is 1. The lowest BCUT2D eigenvalue weighted by atomic mass is 10.2. The zero-order valence-corrected chi connectivity index (χ0v) is 11.7. The first-order valence-corrected chi connectivity index (χ1v) is 7.87. The summed E-state index contributed by atoms with van der Waals surface area (Å²) in [5.74, 6) is 0.0780. The van der Waals surface area contributed by atoms with E-state index in [2.05, 4.69) is 0 Å². The molecule has 0 rings (SSSR count). The Morgan fingerprint density at radius 2 is 1.82 bits per heavy atom. The molecule has 6 heteroatoms. The van der Waals surface area contributed by atoms with Crippen molar-refractivity contribution in [2.45, 2.75) is 45.6 Å². The van der Waals surface area contributed by atoms with Crippen LogP contribution in [0.15, 0.2) is 0 Å². The third kappa shape index (κ3) is 13.8. The maximum atomic E-state index is 10.6. The second kappa shape index (κ2) is 9.82. The van der Waals surface area contributed by atoms with E-state index >= 15 is 0 Å². The molecule has 0 heterocycles. The molecule has 104 valence electrons. The van der Waals surface area contributed by atoms with Crippen molar-refractivity contribution in [1.29, 1.82) is 0 Å². The van der Waals surface area contributed by atoms with Gasteiger partial charge < -0.3 is 9.47 Å². The molecule has 0 saturated carbocycles. The molecule has 0 aliphatic rings. The molecule has 0 radical (unpaired) electrons. The van der Waals surface area contributed by atoms with E-state index < -0.39 is 10.0 Å². The summed E-state index contributed by atoms with van der Waals surface area (Å²) >= 11 is 0. The quantitative estimate of drug-likeness (QED) is 0.572. The van der Waals surface area contributed by atoms with E-state index in [0.717, 1.165) is 19.3 Å². The molecule has 5 nitrogen and oxygen atoms in total. The fraction of sp³-hybridized carbons (Fsp3) is 1.00. The van der Waals surface area contributed by atoms with Gasteiger partial charge in [0.25, 0.3) is 0 Å². The van der Waals surface area contributed by atoms with Crippen LogP contribution in [0.25, 0.3) is 0 Å². The zero-order valence-electron chi connectivity index (χ0n) is 10.9. The Morgan fingerprint density at radius 1 is 1.18 bits per heavy atom. The average Bonchev–Trinajstić information content (AvgIpc) is 2.23. The van der Waals surface area contributed by atoms with Crippen LogP contribution in [0.1, 0.15) is 39.5 Å². The van der Waals surface area contributed by atoms with Gasteiger partial charge in [0.2, 0.25) is 10.0 Å². The minimum absolute atomic E-state index is 0.0780. The lowest BCUT2D eigenvalue weighted by Crippen LogP contribution is -2.17. The second-order valence-corrected chi connectivity index (χ2v) is 5.86. The molecule has 0 saturated heterocycles. The van der Waals surface area contributed by atoms with Gasteiger partial charge >= 0.3 is 0 Å². The lowest BCUT2D eigenvalue weighted by Gasteiger charge is -2.12. The van der Waals surface area contributed by atoms with Crippen molar-refractivity contribution in [1.82, 2.24) is 0 Å². The summed E-state index contributed by atoms with van der Waals surface area (Å²) in [7, 11) is -3.29. The van der Waals surface area contributed by atoms with Gasteiger partial charge in [-0.05, 0) is 26.7 Å². The highest BCUT2D eigenvalue weighted by molar-refractivity contribution is 7.89. The summed E-state index contributed by atoms with van der Waals surface area (Å²) in [4.78, 5) is 0. The summed E-state index contributed by atoms with van der Waals surface area (Å²) in [6.07, 6.45) is 3.55. The van der Waals surface area contributed by atoms with Gasteiger partial charge in [0, 0.05) is 13.2 Å². The minimum Gasteiger partial charge on any atom is -0.379 e. The number of primary sulfonamides is 1. The monoisotopic (exact) mass is 267 g/mol. The third-order valence-corrected chi connectivity index (χ3v) is 3.14. The Balaban J connectivity index is 3.23. The standard InChI is InChI=1S/C11H25NO4S/c1-3-15-10-11(2)16-8-6-4-5-7-9-17(12,13)14/h11H,3-10H2,1-2H3,(H2,12,13,14). The lowest BCUT2D eigenvalue weighted by molar-refractivity contribution is -0.00456. The summed E-state index contributed by atoms with van der Waals surface area (Å²) in [5, 5.41) is 4.90. The van der Waals surface area contributed by atoms with Crippen LogP contribution >= 0.6 is 0 Å². The van der Waals surface area contributed by atoms with Gasteiger partial charge in [-0.3, -0.25) is 0 Å². The molecule has 0 aromatic rings. The summed E-state index contributed by atoms with van der Waals surface area (Å²) in [6, 6.07) is 0. The summed E-state index contributed by atoms with van der Waals surface area (Å²) < 4.78 is 32.0. The topological polar surface area (TPSA) is 78.6 Å². The second-order valence-electron chi connectivity index (χ2n) is 4.12. The maximum absolute atomic E-state index is 10.6. The molecule has 0 bridgehead atoms. The minimum atomic E-state index is -3.29. The molecule has 0 spiro atoms. The highest BCUT2D eigenvalue weighted by atomic mass is 32.2. The molecule has 0 aliphatic carbocycles. The SMILES string of the molecule is CCOCC(C)OCCCCCCS(N)(=O)=O. The first kappa shape index (κ1) is 16.8. The fourth-order valence-corrected chi connectivity index (χ4v) is 1.98. The Morgan fingerprint density at radius 3 is 2.41 bits per heavy atom. The Labute approximate surface area is 105 Å². The van der Waals surface area contributed by atoms with Crippen LogP contribution < -0.4 is 5.14 Å². The van der Waals surface area contributed by atoms with Gasteiger partial charge in [-0.1, -0.05) is 12.8 Å². The maximum Gasteiger partial charge on any atom is 0.209 e. The van der Waals surface area contributed by atoms with Crippen molar-refractivity contribution in [3.8, 4) is 0 Å². The van der Waals surface area contributed by atoms with E-state index in [1.165, 1.54) is 0 Å². The highest BCUT2D eigenvalue weighted by Gasteiger charge is 2.03. The molecule has 0 amide bonds. The Hall–Kier alpha value is -0.170. The van der Waals surface area contributed by atoms with Crippen LogP contribution in [-0.4, -0.2) is 40.1 Å². The van der Waals surface area contributed by atoms with Crippen LogP contribution in [0.5, 0.6) is 0 Å². The molecule has 17 heavy (non-hydrogen) atoms. The molecule has 2 N–H and O–H groups in total. The van der Waals surface area contributed by atoms with Gasteiger partial charge in [0.15, 0.2) is 0 Å².